The molecular weight excluding hydrogens is 376 g/mol. The Hall–Kier alpha value is -3.36. The minimum absolute atomic E-state index is 0.0350. The van der Waals surface area contributed by atoms with Crippen molar-refractivity contribution in [3.8, 4) is 17.2 Å². The molecule has 7 nitrogen and oxygen atoms in total. The number of methoxy groups -OCH3 is 1. The van der Waals surface area contributed by atoms with Crippen molar-refractivity contribution >= 4 is 11.9 Å². The van der Waals surface area contributed by atoms with Crippen LogP contribution in [0, 0.1) is 6.92 Å². The van der Waals surface area contributed by atoms with E-state index < -0.39 is 25.1 Å². The van der Waals surface area contributed by atoms with E-state index in [2.05, 4.69) is 10.1 Å². The number of aryl methyl sites for hydroxylation is 1. The van der Waals surface area contributed by atoms with Crippen molar-refractivity contribution in [1.82, 2.24) is 5.32 Å². The minimum Gasteiger partial charge on any atom is -0.507 e. The van der Waals surface area contributed by atoms with Gasteiger partial charge in [-0.25, -0.2) is 4.79 Å². The second-order valence-corrected chi connectivity index (χ2v) is 5.69. The van der Waals surface area contributed by atoms with Gasteiger partial charge in [-0.2, -0.15) is 8.78 Å². The average Bonchev–Trinajstić information content (AvgIpc) is 2.67. The van der Waals surface area contributed by atoms with Gasteiger partial charge in [0.1, 0.15) is 11.3 Å². The number of aromatic hydroxyl groups is 1. The van der Waals surface area contributed by atoms with Crippen molar-refractivity contribution in [2.24, 2.45) is 0 Å². The smallest absolute Gasteiger partial charge is 0.387 e. The first-order valence-corrected chi connectivity index (χ1v) is 8.16. The highest BCUT2D eigenvalue weighted by atomic mass is 19.3. The lowest BCUT2D eigenvalue weighted by Crippen LogP contribution is -2.28. The average molecular weight is 395 g/mol. The molecule has 0 atom stereocenters. The number of hydrogen-bond donors (Lipinski definition) is 2. The molecular formula is C19H19F2NO6. The molecule has 0 aromatic heterocycles. The van der Waals surface area contributed by atoms with E-state index in [0.717, 1.165) is 0 Å². The Bertz CT molecular complexity index is 856. The van der Waals surface area contributed by atoms with E-state index in [0.29, 0.717) is 11.1 Å². The zero-order valence-corrected chi connectivity index (χ0v) is 15.2. The molecule has 2 rings (SSSR count). The molecule has 0 saturated heterocycles. The molecule has 0 saturated carbocycles. The van der Waals surface area contributed by atoms with Gasteiger partial charge in [0.2, 0.25) is 0 Å². The molecule has 150 valence electrons. The van der Waals surface area contributed by atoms with Crippen molar-refractivity contribution in [3.63, 3.8) is 0 Å². The lowest BCUT2D eigenvalue weighted by molar-refractivity contribution is -0.124. The van der Waals surface area contributed by atoms with E-state index in [1.165, 1.54) is 31.4 Å². The van der Waals surface area contributed by atoms with Crippen LogP contribution >= 0.6 is 0 Å². The maximum Gasteiger partial charge on any atom is 0.387 e. The third kappa shape index (κ3) is 5.57. The van der Waals surface area contributed by atoms with Gasteiger partial charge >= 0.3 is 12.6 Å². The van der Waals surface area contributed by atoms with Gasteiger partial charge in [-0.3, -0.25) is 4.79 Å². The summed E-state index contributed by atoms with van der Waals surface area (Å²) in [4.78, 5) is 23.8. The molecule has 1 amide bonds. The molecule has 2 aromatic rings. The molecule has 0 aliphatic rings. The van der Waals surface area contributed by atoms with E-state index in [1.54, 1.807) is 19.1 Å². The molecule has 2 N–H and O–H groups in total. The van der Waals surface area contributed by atoms with Crippen LogP contribution in [0.25, 0.3) is 0 Å². The van der Waals surface area contributed by atoms with E-state index in [4.69, 9.17) is 9.47 Å². The number of esters is 1. The molecule has 0 radical (unpaired) electrons. The summed E-state index contributed by atoms with van der Waals surface area (Å²) in [5.41, 5.74) is 1.04. The number of alkyl halides is 2. The lowest BCUT2D eigenvalue weighted by atomic mass is 10.1. The van der Waals surface area contributed by atoms with Crippen molar-refractivity contribution in [3.05, 3.63) is 53.1 Å². The fraction of sp³-hybridized carbons (Fsp3) is 0.263. The summed E-state index contributed by atoms with van der Waals surface area (Å²) in [6, 6.07) is 8.82. The molecule has 0 fully saturated rings. The summed E-state index contributed by atoms with van der Waals surface area (Å²) in [7, 11) is 1.30. The van der Waals surface area contributed by atoms with Crippen LogP contribution in [0.3, 0.4) is 0 Å². The number of halogens is 2. The zero-order valence-electron chi connectivity index (χ0n) is 15.2. The summed E-state index contributed by atoms with van der Waals surface area (Å²) < 4.78 is 38.8. The highest BCUT2D eigenvalue weighted by molar-refractivity contribution is 5.94. The van der Waals surface area contributed by atoms with Crippen molar-refractivity contribution in [1.29, 1.82) is 0 Å². The molecule has 0 spiro atoms. The topological polar surface area (TPSA) is 94.1 Å². The standard InChI is InChI=1S/C19H19F2NO6/c1-11-4-3-5-13(17(11)24)18(25)27-10-16(23)22-9-12-6-7-14(28-19(20)21)15(8-12)26-2/h3-8,19,24H,9-10H2,1-2H3,(H,22,23). The number of benzene rings is 2. The monoisotopic (exact) mass is 395 g/mol. The van der Waals surface area contributed by atoms with Crippen LogP contribution in [0.1, 0.15) is 21.5 Å². The van der Waals surface area contributed by atoms with Crippen LogP contribution in [0.15, 0.2) is 36.4 Å². The van der Waals surface area contributed by atoms with E-state index in [1.807, 2.05) is 0 Å². The predicted molar refractivity (Wildman–Crippen MR) is 94.6 cm³/mol. The number of ether oxygens (including phenoxy) is 3. The van der Waals surface area contributed by atoms with Gasteiger partial charge in [-0.1, -0.05) is 18.2 Å². The Morgan fingerprint density at radius 1 is 1.18 bits per heavy atom. The number of hydrogen-bond acceptors (Lipinski definition) is 6. The summed E-state index contributed by atoms with van der Waals surface area (Å²) >= 11 is 0. The highest BCUT2D eigenvalue weighted by Gasteiger charge is 2.16. The minimum atomic E-state index is -2.98. The van der Waals surface area contributed by atoms with Gasteiger partial charge in [-0.05, 0) is 36.2 Å². The van der Waals surface area contributed by atoms with Gasteiger partial charge in [0, 0.05) is 6.54 Å². The summed E-state index contributed by atoms with van der Waals surface area (Å²) in [5, 5.41) is 12.4. The second-order valence-electron chi connectivity index (χ2n) is 5.69. The maximum atomic E-state index is 12.3. The van der Waals surface area contributed by atoms with Crippen molar-refractivity contribution in [2.75, 3.05) is 13.7 Å². The Morgan fingerprint density at radius 3 is 2.61 bits per heavy atom. The lowest BCUT2D eigenvalue weighted by Gasteiger charge is -2.12. The summed E-state index contributed by atoms with van der Waals surface area (Å²) in [5.74, 6) is -1.64. The number of rotatable bonds is 8. The van der Waals surface area contributed by atoms with E-state index in [-0.39, 0.29) is 29.4 Å². The molecule has 0 heterocycles. The first kappa shape index (κ1) is 20.9. The quantitative estimate of drug-likeness (QED) is 0.668. The molecule has 0 unspecified atom stereocenters. The Labute approximate surface area is 159 Å². The molecule has 9 heteroatoms. The van der Waals surface area contributed by atoms with Crippen LogP contribution in [-0.2, 0) is 16.1 Å². The van der Waals surface area contributed by atoms with Crippen LogP contribution in [0.5, 0.6) is 17.2 Å². The fourth-order valence-corrected chi connectivity index (χ4v) is 2.30. The van der Waals surface area contributed by atoms with Crippen LogP contribution < -0.4 is 14.8 Å². The van der Waals surface area contributed by atoms with Gasteiger partial charge in [0.15, 0.2) is 18.1 Å². The number of phenolic OH excluding ortho intramolecular Hbond substituents is 1. The van der Waals surface area contributed by atoms with Gasteiger partial charge < -0.3 is 24.6 Å². The van der Waals surface area contributed by atoms with Gasteiger partial charge in [-0.15, -0.1) is 0 Å². The number of carbonyl (C=O) groups excluding carboxylic acids is 2. The summed E-state index contributed by atoms with van der Waals surface area (Å²) in [6.45, 7) is -1.85. The van der Waals surface area contributed by atoms with E-state index in [9.17, 15) is 23.5 Å². The SMILES string of the molecule is COc1cc(CNC(=O)COC(=O)c2cccc(C)c2O)ccc1OC(F)F. The first-order valence-electron chi connectivity index (χ1n) is 8.16. The first-order chi connectivity index (χ1) is 13.3. The molecule has 2 aromatic carbocycles. The highest BCUT2D eigenvalue weighted by Crippen LogP contribution is 2.29. The molecule has 0 aliphatic heterocycles. The number of phenols is 1. The van der Waals surface area contributed by atoms with Crippen molar-refractivity contribution < 1.29 is 37.7 Å². The molecule has 28 heavy (non-hydrogen) atoms. The van der Waals surface area contributed by atoms with Crippen LogP contribution in [0.4, 0.5) is 8.78 Å². The summed E-state index contributed by atoms with van der Waals surface area (Å²) in [6.07, 6.45) is 0. The second kappa shape index (κ2) is 9.54. The van der Waals surface area contributed by atoms with Crippen LogP contribution in [0.2, 0.25) is 0 Å². The van der Waals surface area contributed by atoms with Gasteiger partial charge in [0.05, 0.1) is 7.11 Å². The van der Waals surface area contributed by atoms with Crippen LogP contribution in [-0.4, -0.2) is 37.3 Å². The predicted octanol–water partition coefficient (Wildman–Crippen LogP) is 2.78. The fourth-order valence-electron chi connectivity index (χ4n) is 2.30. The normalized spacial score (nSPS) is 10.5. The molecule has 0 bridgehead atoms. The Balaban J connectivity index is 1.88. The maximum absolute atomic E-state index is 12.3. The third-order valence-electron chi connectivity index (χ3n) is 3.73. The third-order valence-corrected chi connectivity index (χ3v) is 3.73. The Kier molecular flexibility index (Phi) is 7.14. The van der Waals surface area contributed by atoms with E-state index >= 15 is 0 Å². The number of amides is 1. The number of para-hydroxylation sites is 1. The molecule has 0 aliphatic carbocycles. The van der Waals surface area contributed by atoms with Gasteiger partial charge in [0.25, 0.3) is 5.91 Å². The number of carbonyl (C=O) groups is 2. The zero-order chi connectivity index (χ0) is 20.7. The van der Waals surface area contributed by atoms with Crippen molar-refractivity contribution in [2.45, 2.75) is 20.1 Å². The largest absolute Gasteiger partial charge is 0.507 e. The Morgan fingerprint density at radius 2 is 1.93 bits per heavy atom. The number of nitrogens with one attached hydrogen (secondary N) is 1.